The van der Waals surface area contributed by atoms with Crippen LogP contribution in [0.3, 0.4) is 0 Å². The number of hydrogen-bond acceptors (Lipinski definition) is 2. The third-order valence-corrected chi connectivity index (χ3v) is 4.54. The number of aryl methyl sites for hydroxylation is 2. The van der Waals surface area contributed by atoms with Crippen molar-refractivity contribution < 1.29 is 0 Å². The fourth-order valence-corrected chi connectivity index (χ4v) is 3.37. The minimum absolute atomic E-state index is 0.0949. The maximum atomic E-state index is 6.57. The Balaban J connectivity index is 2.96. The lowest BCUT2D eigenvalue weighted by molar-refractivity contribution is 0.105. The third-order valence-electron chi connectivity index (χ3n) is 4.54. The fourth-order valence-electron chi connectivity index (χ4n) is 3.37. The summed E-state index contributed by atoms with van der Waals surface area (Å²) >= 11 is 0. The molecule has 0 heterocycles. The highest BCUT2D eigenvalue weighted by molar-refractivity contribution is 5.29. The molecule has 19 heavy (non-hydrogen) atoms. The smallest absolute Gasteiger partial charge is 0.0352 e. The van der Waals surface area contributed by atoms with Crippen molar-refractivity contribution in [1.82, 2.24) is 4.90 Å². The van der Waals surface area contributed by atoms with E-state index in [0.717, 1.165) is 19.3 Å². The summed E-state index contributed by atoms with van der Waals surface area (Å²) in [6, 6.07) is 6.91. The molecule has 2 heteroatoms. The fraction of sp³-hybridized carbons (Fsp3) is 0.647. The Kier molecular flexibility index (Phi) is 5.57. The molecule has 1 aromatic carbocycles. The zero-order chi connectivity index (χ0) is 14.6. The standard InChI is InChI=1S/C17H30N2/c1-7-17(8-2,19(5)6)16(18)12-15-10-13(3)9-14(4)11-15/h9-11,16H,7-8,12,18H2,1-6H3. The van der Waals surface area contributed by atoms with E-state index in [1.165, 1.54) is 16.7 Å². The van der Waals surface area contributed by atoms with Gasteiger partial charge in [0.05, 0.1) is 0 Å². The molecular formula is C17H30N2. The number of rotatable bonds is 6. The van der Waals surface area contributed by atoms with Gasteiger partial charge in [-0.1, -0.05) is 43.2 Å². The number of hydrogen-bond donors (Lipinski definition) is 1. The highest BCUT2D eigenvalue weighted by Crippen LogP contribution is 2.27. The zero-order valence-corrected chi connectivity index (χ0v) is 13.5. The van der Waals surface area contributed by atoms with Gasteiger partial charge < -0.3 is 10.6 Å². The van der Waals surface area contributed by atoms with Crippen LogP contribution in [0.15, 0.2) is 18.2 Å². The Morgan fingerprint density at radius 1 is 1.05 bits per heavy atom. The van der Waals surface area contributed by atoms with Crippen LogP contribution < -0.4 is 5.73 Å². The summed E-state index contributed by atoms with van der Waals surface area (Å²) < 4.78 is 0. The molecule has 2 N–H and O–H groups in total. The third kappa shape index (κ3) is 3.58. The van der Waals surface area contributed by atoms with Crippen LogP contribution in [0.25, 0.3) is 0 Å². The Hall–Kier alpha value is -0.860. The molecule has 1 aromatic rings. The average molecular weight is 262 g/mol. The molecule has 1 unspecified atom stereocenters. The average Bonchev–Trinajstić information content (AvgIpc) is 2.29. The summed E-state index contributed by atoms with van der Waals surface area (Å²) in [5.74, 6) is 0. The lowest BCUT2D eigenvalue weighted by Gasteiger charge is -2.43. The van der Waals surface area contributed by atoms with Crippen molar-refractivity contribution in [2.75, 3.05) is 14.1 Å². The number of likely N-dealkylation sites (N-methyl/N-ethyl adjacent to an activating group) is 1. The van der Waals surface area contributed by atoms with E-state index in [1.54, 1.807) is 0 Å². The van der Waals surface area contributed by atoms with E-state index in [1.807, 2.05) is 0 Å². The molecule has 1 atom stereocenters. The molecule has 0 spiro atoms. The molecule has 1 rings (SSSR count). The van der Waals surface area contributed by atoms with Crippen molar-refractivity contribution in [2.45, 2.75) is 58.5 Å². The number of nitrogens with two attached hydrogens (primary N) is 1. The van der Waals surface area contributed by atoms with E-state index in [4.69, 9.17) is 5.73 Å². The monoisotopic (exact) mass is 262 g/mol. The van der Waals surface area contributed by atoms with E-state index in [-0.39, 0.29) is 11.6 Å². The van der Waals surface area contributed by atoms with E-state index in [2.05, 4.69) is 64.9 Å². The van der Waals surface area contributed by atoms with Gasteiger partial charge in [-0.2, -0.15) is 0 Å². The summed E-state index contributed by atoms with van der Waals surface area (Å²) in [7, 11) is 4.29. The lowest BCUT2D eigenvalue weighted by atomic mass is 9.80. The summed E-state index contributed by atoms with van der Waals surface area (Å²) in [6.45, 7) is 8.79. The van der Waals surface area contributed by atoms with Crippen LogP contribution in [0.4, 0.5) is 0 Å². The zero-order valence-electron chi connectivity index (χ0n) is 13.5. The SMILES string of the molecule is CCC(CC)(C(N)Cc1cc(C)cc(C)c1)N(C)C. The van der Waals surface area contributed by atoms with E-state index >= 15 is 0 Å². The highest BCUT2D eigenvalue weighted by atomic mass is 15.2. The molecule has 108 valence electrons. The molecule has 0 radical (unpaired) electrons. The molecular weight excluding hydrogens is 232 g/mol. The minimum atomic E-state index is 0.0949. The normalized spacial score (nSPS) is 13.9. The van der Waals surface area contributed by atoms with Crippen molar-refractivity contribution in [3.63, 3.8) is 0 Å². The second-order valence-corrected chi connectivity index (χ2v) is 6.01. The molecule has 0 bridgehead atoms. The summed E-state index contributed by atoms with van der Waals surface area (Å²) in [5.41, 5.74) is 10.7. The Morgan fingerprint density at radius 3 is 1.89 bits per heavy atom. The van der Waals surface area contributed by atoms with Gasteiger partial charge in [-0.3, -0.25) is 0 Å². The van der Waals surface area contributed by atoms with Gasteiger partial charge in [-0.05, 0) is 52.8 Å². The van der Waals surface area contributed by atoms with Gasteiger partial charge in [0.25, 0.3) is 0 Å². The van der Waals surface area contributed by atoms with Gasteiger partial charge >= 0.3 is 0 Å². The molecule has 2 nitrogen and oxygen atoms in total. The molecule has 0 saturated carbocycles. The molecule has 0 aliphatic rings. The molecule has 0 aliphatic heterocycles. The predicted octanol–water partition coefficient (Wildman–Crippen LogP) is 3.29. The van der Waals surface area contributed by atoms with Gasteiger partial charge in [0.1, 0.15) is 0 Å². The Labute approximate surface area is 119 Å². The van der Waals surface area contributed by atoms with Crippen LogP contribution in [-0.2, 0) is 6.42 Å². The quantitative estimate of drug-likeness (QED) is 0.852. The van der Waals surface area contributed by atoms with Gasteiger partial charge in [0, 0.05) is 11.6 Å². The molecule has 0 fully saturated rings. The summed E-state index contributed by atoms with van der Waals surface area (Å²) in [4.78, 5) is 2.31. The second kappa shape index (κ2) is 6.53. The van der Waals surface area contributed by atoms with Crippen molar-refractivity contribution in [3.05, 3.63) is 34.9 Å². The number of benzene rings is 1. The highest BCUT2D eigenvalue weighted by Gasteiger charge is 2.35. The Bertz CT molecular complexity index is 385. The van der Waals surface area contributed by atoms with Crippen LogP contribution >= 0.6 is 0 Å². The van der Waals surface area contributed by atoms with Crippen LogP contribution in [0.1, 0.15) is 43.4 Å². The van der Waals surface area contributed by atoms with Crippen molar-refractivity contribution in [1.29, 1.82) is 0 Å². The minimum Gasteiger partial charge on any atom is -0.326 e. The molecule has 0 saturated heterocycles. The predicted molar refractivity (Wildman–Crippen MR) is 84.6 cm³/mol. The maximum absolute atomic E-state index is 6.57. The van der Waals surface area contributed by atoms with Gasteiger partial charge in [0.2, 0.25) is 0 Å². The van der Waals surface area contributed by atoms with Crippen molar-refractivity contribution >= 4 is 0 Å². The largest absolute Gasteiger partial charge is 0.326 e. The van der Waals surface area contributed by atoms with Crippen LogP contribution in [0, 0.1) is 13.8 Å². The maximum Gasteiger partial charge on any atom is 0.0352 e. The van der Waals surface area contributed by atoms with E-state index < -0.39 is 0 Å². The van der Waals surface area contributed by atoms with Gasteiger partial charge in [0.15, 0.2) is 0 Å². The first-order valence-corrected chi connectivity index (χ1v) is 7.36. The van der Waals surface area contributed by atoms with Crippen LogP contribution in [0.5, 0.6) is 0 Å². The van der Waals surface area contributed by atoms with Crippen LogP contribution in [-0.4, -0.2) is 30.6 Å². The summed E-state index contributed by atoms with van der Waals surface area (Å²) in [6.07, 6.45) is 3.12. The van der Waals surface area contributed by atoms with Gasteiger partial charge in [-0.15, -0.1) is 0 Å². The Morgan fingerprint density at radius 2 is 1.53 bits per heavy atom. The van der Waals surface area contributed by atoms with Gasteiger partial charge in [-0.25, -0.2) is 0 Å². The number of nitrogens with zero attached hydrogens (tertiary/aromatic N) is 1. The first-order chi connectivity index (χ1) is 8.85. The van der Waals surface area contributed by atoms with E-state index in [9.17, 15) is 0 Å². The molecule has 0 amide bonds. The summed E-state index contributed by atoms with van der Waals surface area (Å²) in [5, 5.41) is 0. The second-order valence-electron chi connectivity index (χ2n) is 6.01. The van der Waals surface area contributed by atoms with Crippen molar-refractivity contribution in [2.24, 2.45) is 5.73 Å². The lowest BCUT2D eigenvalue weighted by Crippen LogP contribution is -2.57. The van der Waals surface area contributed by atoms with Crippen molar-refractivity contribution in [3.8, 4) is 0 Å². The molecule has 0 aromatic heterocycles. The first-order valence-electron chi connectivity index (χ1n) is 7.36. The molecule has 0 aliphatic carbocycles. The van der Waals surface area contributed by atoms with E-state index in [0.29, 0.717) is 0 Å². The van der Waals surface area contributed by atoms with Crippen LogP contribution in [0.2, 0.25) is 0 Å². The first kappa shape index (κ1) is 16.2. The topological polar surface area (TPSA) is 29.3 Å².